The van der Waals surface area contributed by atoms with Gasteiger partial charge in [-0.25, -0.2) is 5.01 Å². The van der Waals surface area contributed by atoms with Crippen molar-refractivity contribution in [3.8, 4) is 0 Å². The second-order valence-corrected chi connectivity index (χ2v) is 6.73. The van der Waals surface area contributed by atoms with E-state index in [1.807, 2.05) is 31.2 Å². The molecule has 0 aromatic heterocycles. The molecule has 4 nitrogen and oxygen atoms in total. The second kappa shape index (κ2) is 7.50. The number of aliphatic imine (C=N–C) groups is 1. The number of hydrazone groups is 1. The lowest BCUT2D eigenvalue weighted by Gasteiger charge is -2.17. The fourth-order valence-corrected chi connectivity index (χ4v) is 3.76. The number of amides is 1. The third kappa shape index (κ3) is 3.86. The summed E-state index contributed by atoms with van der Waals surface area (Å²) in [6, 6.07) is 8.07. The topological polar surface area (TPSA) is 45.0 Å². The molecule has 1 aliphatic heterocycles. The summed E-state index contributed by atoms with van der Waals surface area (Å²) in [6.07, 6.45) is 2.65. The van der Waals surface area contributed by atoms with Crippen molar-refractivity contribution in [2.75, 3.05) is 10.8 Å². The maximum absolute atomic E-state index is 11.9. The highest BCUT2D eigenvalue weighted by atomic mass is 32.2. The minimum atomic E-state index is 0.0759. The Bertz CT molecular complexity index is 519. The molecular formula is C14H17N3OS2. The minimum Gasteiger partial charge on any atom is -0.272 e. The van der Waals surface area contributed by atoms with Crippen molar-refractivity contribution in [1.82, 2.24) is 5.01 Å². The number of carbonyl (C=O) groups excluding carboxylic acids is 1. The van der Waals surface area contributed by atoms with Crippen molar-refractivity contribution in [1.29, 1.82) is 0 Å². The molecule has 0 aliphatic carbocycles. The largest absolute Gasteiger partial charge is 0.272 e. The SMILES string of the molecule is C=Nc1ccccc1SCSCC(=O)N1N=CCC1C. The smallest absolute Gasteiger partial charge is 0.252 e. The highest BCUT2D eigenvalue weighted by molar-refractivity contribution is 8.16. The normalized spacial score (nSPS) is 17.4. The first-order chi connectivity index (χ1) is 9.72. The number of rotatable bonds is 6. The molecule has 0 spiro atoms. The molecule has 1 aromatic rings. The number of thioether (sulfide) groups is 2. The summed E-state index contributed by atoms with van der Waals surface area (Å²) in [7, 11) is 0. The van der Waals surface area contributed by atoms with Gasteiger partial charge < -0.3 is 0 Å². The fraction of sp³-hybridized carbons (Fsp3) is 0.357. The Labute approximate surface area is 127 Å². The first-order valence-electron chi connectivity index (χ1n) is 6.33. The zero-order valence-corrected chi connectivity index (χ0v) is 13.0. The van der Waals surface area contributed by atoms with E-state index in [0.717, 1.165) is 22.1 Å². The van der Waals surface area contributed by atoms with Gasteiger partial charge in [-0.15, -0.1) is 23.5 Å². The van der Waals surface area contributed by atoms with Gasteiger partial charge in [0.15, 0.2) is 0 Å². The fourth-order valence-electron chi connectivity index (χ4n) is 1.82. The van der Waals surface area contributed by atoms with E-state index < -0.39 is 0 Å². The van der Waals surface area contributed by atoms with E-state index in [4.69, 9.17) is 0 Å². The lowest BCUT2D eigenvalue weighted by Crippen LogP contribution is -2.31. The number of nitrogens with zero attached hydrogens (tertiary/aromatic N) is 3. The van der Waals surface area contributed by atoms with Crippen LogP contribution in [0.1, 0.15) is 13.3 Å². The Balaban J connectivity index is 1.75. The molecule has 106 valence electrons. The lowest BCUT2D eigenvalue weighted by atomic mass is 10.3. The molecule has 1 aromatic carbocycles. The van der Waals surface area contributed by atoms with Gasteiger partial charge in [-0.2, -0.15) is 5.10 Å². The molecule has 0 bridgehead atoms. The molecular weight excluding hydrogens is 290 g/mol. The van der Waals surface area contributed by atoms with Gasteiger partial charge in [0.05, 0.1) is 17.5 Å². The summed E-state index contributed by atoms with van der Waals surface area (Å²) in [6.45, 7) is 5.57. The molecule has 0 fully saturated rings. The van der Waals surface area contributed by atoms with Crippen LogP contribution in [0.25, 0.3) is 0 Å². The van der Waals surface area contributed by atoms with Crippen molar-refractivity contribution in [3.63, 3.8) is 0 Å². The zero-order chi connectivity index (χ0) is 14.4. The van der Waals surface area contributed by atoms with E-state index in [9.17, 15) is 4.79 Å². The van der Waals surface area contributed by atoms with Gasteiger partial charge in [0.2, 0.25) is 0 Å². The van der Waals surface area contributed by atoms with Gasteiger partial charge in [0, 0.05) is 22.6 Å². The molecule has 1 atom stereocenters. The van der Waals surface area contributed by atoms with Crippen LogP contribution in [0.4, 0.5) is 5.69 Å². The molecule has 20 heavy (non-hydrogen) atoms. The van der Waals surface area contributed by atoms with E-state index in [-0.39, 0.29) is 11.9 Å². The summed E-state index contributed by atoms with van der Waals surface area (Å²) in [4.78, 5) is 17.0. The Kier molecular flexibility index (Phi) is 5.67. The van der Waals surface area contributed by atoms with Gasteiger partial charge in [0.25, 0.3) is 5.91 Å². The first kappa shape index (κ1) is 15.1. The van der Waals surface area contributed by atoms with Crippen molar-refractivity contribution in [3.05, 3.63) is 24.3 Å². The molecule has 2 rings (SSSR count). The highest BCUT2D eigenvalue weighted by Gasteiger charge is 2.22. The van der Waals surface area contributed by atoms with Crippen LogP contribution in [0.15, 0.2) is 39.3 Å². The Hall–Kier alpha value is -1.27. The summed E-state index contributed by atoms with van der Waals surface area (Å²) < 4.78 is 0. The second-order valence-electron chi connectivity index (χ2n) is 4.36. The zero-order valence-electron chi connectivity index (χ0n) is 11.4. The summed E-state index contributed by atoms with van der Waals surface area (Å²) >= 11 is 3.28. The maximum atomic E-state index is 11.9. The number of carbonyl (C=O) groups is 1. The number of para-hydroxylation sites is 1. The van der Waals surface area contributed by atoms with Crippen LogP contribution in [0.2, 0.25) is 0 Å². The third-order valence-corrected chi connectivity index (χ3v) is 5.13. The standard InChI is InChI=1S/C14H17N3OS2/c1-11-7-8-16-17(11)14(18)9-19-10-20-13-6-4-3-5-12(13)15-2/h3-6,8,11H,2,7,9-10H2,1H3. The number of hydrogen-bond acceptors (Lipinski definition) is 5. The van der Waals surface area contributed by atoms with Crippen LogP contribution in [0.3, 0.4) is 0 Å². The molecule has 1 unspecified atom stereocenters. The number of benzene rings is 1. The van der Waals surface area contributed by atoms with E-state index in [1.165, 1.54) is 0 Å². The highest BCUT2D eigenvalue weighted by Crippen LogP contribution is 2.31. The van der Waals surface area contributed by atoms with Crippen molar-refractivity contribution < 1.29 is 4.79 Å². The van der Waals surface area contributed by atoms with Crippen LogP contribution in [0.5, 0.6) is 0 Å². The maximum Gasteiger partial charge on any atom is 0.252 e. The predicted molar refractivity (Wildman–Crippen MR) is 88.3 cm³/mol. The average Bonchev–Trinajstić information content (AvgIpc) is 2.90. The molecule has 6 heteroatoms. The molecule has 0 radical (unpaired) electrons. The summed E-state index contributed by atoms with van der Waals surface area (Å²) in [5, 5.41) is 6.49. The monoisotopic (exact) mass is 307 g/mol. The van der Waals surface area contributed by atoms with Crippen LogP contribution in [-0.2, 0) is 4.79 Å². The van der Waals surface area contributed by atoms with E-state index >= 15 is 0 Å². The Morgan fingerprint density at radius 1 is 1.55 bits per heavy atom. The van der Waals surface area contributed by atoms with Gasteiger partial charge in [-0.05, 0) is 25.8 Å². The van der Waals surface area contributed by atoms with Crippen molar-refractivity contribution >= 4 is 48.1 Å². The Morgan fingerprint density at radius 2 is 2.35 bits per heavy atom. The molecule has 1 heterocycles. The van der Waals surface area contributed by atoms with Gasteiger partial charge in [0.1, 0.15) is 0 Å². The van der Waals surface area contributed by atoms with Crippen molar-refractivity contribution in [2.24, 2.45) is 10.1 Å². The van der Waals surface area contributed by atoms with Crippen LogP contribution < -0.4 is 0 Å². The average molecular weight is 307 g/mol. The first-order valence-corrected chi connectivity index (χ1v) is 8.47. The molecule has 1 amide bonds. The predicted octanol–water partition coefficient (Wildman–Crippen LogP) is 3.41. The molecule has 0 saturated carbocycles. The lowest BCUT2D eigenvalue weighted by molar-refractivity contribution is -0.129. The quantitative estimate of drug-likeness (QED) is 0.350. The van der Waals surface area contributed by atoms with Gasteiger partial charge >= 0.3 is 0 Å². The van der Waals surface area contributed by atoms with Gasteiger partial charge in [-0.3, -0.25) is 9.79 Å². The van der Waals surface area contributed by atoms with Crippen LogP contribution in [0, 0.1) is 0 Å². The summed E-state index contributed by atoms with van der Waals surface area (Å²) in [5.74, 6) is 0.533. The molecule has 0 saturated heterocycles. The van der Waals surface area contributed by atoms with Gasteiger partial charge in [-0.1, -0.05) is 12.1 Å². The minimum absolute atomic E-state index is 0.0759. The molecule has 0 N–H and O–H groups in total. The van der Waals surface area contributed by atoms with Crippen LogP contribution in [-0.4, -0.2) is 40.7 Å². The van der Waals surface area contributed by atoms with Crippen LogP contribution >= 0.6 is 23.5 Å². The van der Waals surface area contributed by atoms with E-state index in [0.29, 0.717) is 5.75 Å². The van der Waals surface area contributed by atoms with Crippen molar-refractivity contribution in [2.45, 2.75) is 24.3 Å². The third-order valence-electron chi connectivity index (χ3n) is 2.88. The Morgan fingerprint density at radius 3 is 3.05 bits per heavy atom. The summed E-state index contributed by atoms with van der Waals surface area (Å²) in [5.41, 5.74) is 0.891. The van der Waals surface area contributed by atoms with E-state index in [2.05, 4.69) is 16.8 Å². The number of hydrogen-bond donors (Lipinski definition) is 0. The van der Waals surface area contributed by atoms with E-state index in [1.54, 1.807) is 34.7 Å². The molecule has 1 aliphatic rings.